The van der Waals surface area contributed by atoms with Crippen molar-refractivity contribution in [1.29, 1.82) is 0 Å². The van der Waals surface area contributed by atoms with Crippen molar-refractivity contribution in [3.63, 3.8) is 0 Å². The molecule has 2 aromatic rings. The number of hydrogen-bond donors (Lipinski definition) is 1. The second-order valence-corrected chi connectivity index (χ2v) is 4.94. The van der Waals surface area contributed by atoms with Gasteiger partial charge < -0.3 is 14.5 Å². The average Bonchev–Trinajstić information content (AvgIpc) is 3.03. The Morgan fingerprint density at radius 1 is 1.21 bits per heavy atom. The minimum Gasteiger partial charge on any atom is -0.469 e. The third-order valence-corrected chi connectivity index (χ3v) is 3.70. The summed E-state index contributed by atoms with van der Waals surface area (Å²) in [4.78, 5) is 0. The molecule has 0 saturated carbocycles. The van der Waals surface area contributed by atoms with E-state index in [4.69, 9.17) is 9.15 Å². The van der Waals surface area contributed by atoms with E-state index in [1.54, 1.807) is 6.26 Å². The summed E-state index contributed by atoms with van der Waals surface area (Å²) in [6.07, 6.45) is 1.76. The largest absolute Gasteiger partial charge is 0.469 e. The molecule has 3 heteroatoms. The van der Waals surface area contributed by atoms with Crippen molar-refractivity contribution in [1.82, 2.24) is 5.32 Å². The fourth-order valence-electron chi connectivity index (χ4n) is 2.68. The highest BCUT2D eigenvalue weighted by atomic mass is 16.5. The lowest BCUT2D eigenvalue weighted by molar-refractivity contribution is 0.134. The first-order valence-corrected chi connectivity index (χ1v) is 6.76. The lowest BCUT2D eigenvalue weighted by Crippen LogP contribution is -2.22. The second-order valence-electron chi connectivity index (χ2n) is 4.94. The Morgan fingerprint density at radius 3 is 2.79 bits per heavy atom. The summed E-state index contributed by atoms with van der Waals surface area (Å²) < 4.78 is 10.9. The van der Waals surface area contributed by atoms with Crippen LogP contribution < -0.4 is 5.32 Å². The van der Waals surface area contributed by atoms with Crippen molar-refractivity contribution >= 4 is 0 Å². The third kappa shape index (κ3) is 2.31. The monoisotopic (exact) mass is 257 g/mol. The average molecular weight is 257 g/mol. The van der Waals surface area contributed by atoms with Gasteiger partial charge in [-0.15, -0.1) is 0 Å². The van der Waals surface area contributed by atoms with E-state index in [2.05, 4.69) is 30.4 Å². The van der Waals surface area contributed by atoms with Gasteiger partial charge in [0.15, 0.2) is 0 Å². The topological polar surface area (TPSA) is 34.4 Å². The molecule has 0 fully saturated rings. The summed E-state index contributed by atoms with van der Waals surface area (Å²) in [7, 11) is 0. The summed E-state index contributed by atoms with van der Waals surface area (Å²) >= 11 is 0. The first-order valence-electron chi connectivity index (χ1n) is 6.76. The fraction of sp³-hybridized carbons (Fsp3) is 0.375. The number of nitrogens with one attached hydrogen (secondary N) is 1. The smallest absolute Gasteiger partial charge is 0.105 e. The Bertz CT molecular complexity index is 574. The molecule has 1 aliphatic heterocycles. The molecule has 100 valence electrons. The van der Waals surface area contributed by atoms with Crippen molar-refractivity contribution in [3.05, 3.63) is 58.5 Å². The van der Waals surface area contributed by atoms with E-state index < -0.39 is 0 Å². The van der Waals surface area contributed by atoms with Crippen LogP contribution in [0.15, 0.2) is 34.9 Å². The zero-order valence-corrected chi connectivity index (χ0v) is 11.4. The third-order valence-electron chi connectivity index (χ3n) is 3.70. The molecule has 0 radical (unpaired) electrons. The molecule has 1 aromatic carbocycles. The van der Waals surface area contributed by atoms with Crippen LogP contribution >= 0.6 is 0 Å². The standard InChI is InChI=1S/C16H19NO2/c1-3-17-16(15-6-7-19-11(15)2)12-4-5-13-9-18-10-14(13)8-12/h4-8,16-17H,3,9-10H2,1-2H3. The maximum absolute atomic E-state index is 5.49. The highest BCUT2D eigenvalue weighted by Gasteiger charge is 2.19. The van der Waals surface area contributed by atoms with Crippen LogP contribution in [0, 0.1) is 6.92 Å². The van der Waals surface area contributed by atoms with Crippen LogP contribution in [0.2, 0.25) is 0 Å². The molecular weight excluding hydrogens is 238 g/mol. The molecule has 0 bridgehead atoms. The summed E-state index contributed by atoms with van der Waals surface area (Å²) in [6, 6.07) is 8.86. The molecule has 3 rings (SSSR count). The summed E-state index contributed by atoms with van der Waals surface area (Å²) in [5.41, 5.74) is 5.10. The SMILES string of the molecule is CCNC(c1ccc2c(c1)COC2)c1ccoc1C. The van der Waals surface area contributed by atoms with E-state index in [-0.39, 0.29) is 6.04 Å². The number of rotatable bonds is 4. The molecule has 3 nitrogen and oxygen atoms in total. The zero-order valence-electron chi connectivity index (χ0n) is 11.4. The Hall–Kier alpha value is -1.58. The fourth-order valence-corrected chi connectivity index (χ4v) is 2.68. The van der Waals surface area contributed by atoms with Crippen molar-refractivity contribution in [2.75, 3.05) is 6.54 Å². The van der Waals surface area contributed by atoms with E-state index in [0.29, 0.717) is 0 Å². The van der Waals surface area contributed by atoms with Crippen LogP contribution in [-0.4, -0.2) is 6.54 Å². The van der Waals surface area contributed by atoms with E-state index in [1.165, 1.54) is 22.3 Å². The Labute approximate surface area is 113 Å². The molecule has 0 aliphatic carbocycles. The summed E-state index contributed by atoms with van der Waals surface area (Å²) in [6.45, 7) is 6.52. The van der Waals surface area contributed by atoms with Gasteiger partial charge in [0.1, 0.15) is 5.76 Å². The highest BCUT2D eigenvalue weighted by Crippen LogP contribution is 2.29. The Balaban J connectivity index is 1.98. The number of benzene rings is 1. The van der Waals surface area contributed by atoms with Crippen LogP contribution in [0.1, 0.15) is 41.0 Å². The number of fused-ring (bicyclic) bond motifs is 1. The van der Waals surface area contributed by atoms with Crippen LogP contribution in [0.4, 0.5) is 0 Å². The van der Waals surface area contributed by atoms with E-state index >= 15 is 0 Å². The van der Waals surface area contributed by atoms with Crippen molar-refractivity contribution in [3.8, 4) is 0 Å². The second kappa shape index (κ2) is 5.19. The van der Waals surface area contributed by atoms with Crippen LogP contribution in [0.25, 0.3) is 0 Å². The molecule has 19 heavy (non-hydrogen) atoms. The van der Waals surface area contributed by atoms with Gasteiger partial charge in [-0.1, -0.05) is 25.1 Å². The zero-order chi connectivity index (χ0) is 13.2. The normalized spacial score (nSPS) is 15.5. The van der Waals surface area contributed by atoms with Crippen molar-refractivity contribution < 1.29 is 9.15 Å². The quantitative estimate of drug-likeness (QED) is 0.912. The summed E-state index contributed by atoms with van der Waals surface area (Å²) in [5.74, 6) is 0.975. The molecule has 1 N–H and O–H groups in total. The lowest BCUT2D eigenvalue weighted by atomic mass is 9.96. The predicted molar refractivity (Wildman–Crippen MR) is 73.9 cm³/mol. The maximum Gasteiger partial charge on any atom is 0.105 e. The van der Waals surface area contributed by atoms with Crippen LogP contribution in [0.3, 0.4) is 0 Å². The van der Waals surface area contributed by atoms with Gasteiger partial charge in [0.05, 0.1) is 25.5 Å². The van der Waals surface area contributed by atoms with E-state index in [1.807, 2.05) is 13.0 Å². The van der Waals surface area contributed by atoms with Gasteiger partial charge in [-0.3, -0.25) is 0 Å². The molecule has 0 saturated heterocycles. The first-order chi connectivity index (χ1) is 9.29. The van der Waals surface area contributed by atoms with Gasteiger partial charge in [-0.2, -0.15) is 0 Å². The Morgan fingerprint density at radius 2 is 2.05 bits per heavy atom. The van der Waals surface area contributed by atoms with Crippen molar-refractivity contribution in [2.45, 2.75) is 33.1 Å². The molecular formula is C16H19NO2. The van der Waals surface area contributed by atoms with E-state index in [9.17, 15) is 0 Å². The minimum atomic E-state index is 0.189. The molecule has 1 atom stereocenters. The molecule has 0 amide bonds. The Kier molecular flexibility index (Phi) is 3.40. The first kappa shape index (κ1) is 12.5. The van der Waals surface area contributed by atoms with E-state index in [0.717, 1.165) is 25.5 Å². The number of furan rings is 1. The van der Waals surface area contributed by atoms with Gasteiger partial charge in [-0.05, 0) is 36.2 Å². The maximum atomic E-state index is 5.49. The highest BCUT2D eigenvalue weighted by molar-refractivity contribution is 5.39. The minimum absolute atomic E-state index is 0.189. The molecule has 0 spiro atoms. The summed E-state index contributed by atoms with van der Waals surface area (Å²) in [5, 5.41) is 3.53. The van der Waals surface area contributed by atoms with Crippen molar-refractivity contribution in [2.24, 2.45) is 0 Å². The van der Waals surface area contributed by atoms with Gasteiger partial charge >= 0.3 is 0 Å². The molecule has 1 unspecified atom stereocenters. The van der Waals surface area contributed by atoms with Gasteiger partial charge in [0, 0.05) is 5.56 Å². The molecule has 1 aliphatic rings. The molecule has 2 heterocycles. The predicted octanol–water partition coefficient (Wildman–Crippen LogP) is 3.32. The number of ether oxygens (including phenoxy) is 1. The van der Waals surface area contributed by atoms with Gasteiger partial charge in [0.2, 0.25) is 0 Å². The van der Waals surface area contributed by atoms with Crippen LogP contribution in [0.5, 0.6) is 0 Å². The number of hydrogen-bond acceptors (Lipinski definition) is 3. The lowest BCUT2D eigenvalue weighted by Gasteiger charge is -2.18. The van der Waals surface area contributed by atoms with Gasteiger partial charge in [-0.25, -0.2) is 0 Å². The van der Waals surface area contributed by atoms with Crippen LogP contribution in [-0.2, 0) is 18.0 Å². The van der Waals surface area contributed by atoms with Gasteiger partial charge in [0.25, 0.3) is 0 Å². The molecule has 1 aromatic heterocycles. The number of aryl methyl sites for hydroxylation is 1.